The number of hydrogen-bond acceptors (Lipinski definition) is 5. The number of hydrogen-bond donors (Lipinski definition) is 2. The summed E-state index contributed by atoms with van der Waals surface area (Å²) < 4.78 is 26.2. The van der Waals surface area contributed by atoms with Gasteiger partial charge in [0.15, 0.2) is 0 Å². The first kappa shape index (κ1) is 20.2. The molecule has 3 rings (SSSR count). The Labute approximate surface area is 166 Å². The van der Waals surface area contributed by atoms with Crippen molar-refractivity contribution in [2.45, 2.75) is 45.2 Å². The second-order valence-corrected chi connectivity index (χ2v) is 10.2. The molecule has 1 saturated heterocycles. The van der Waals surface area contributed by atoms with Gasteiger partial charge in [0, 0.05) is 35.7 Å². The van der Waals surface area contributed by atoms with E-state index in [9.17, 15) is 8.42 Å². The maximum atomic E-state index is 11.8. The van der Waals surface area contributed by atoms with Crippen molar-refractivity contribution < 1.29 is 8.42 Å². The molecule has 7 heteroatoms. The lowest BCUT2D eigenvalue weighted by molar-refractivity contribution is 0.376. The summed E-state index contributed by atoms with van der Waals surface area (Å²) in [6.45, 7) is 5.86. The molecule has 5 nitrogen and oxygen atoms in total. The minimum atomic E-state index is -3.24. The zero-order valence-electron chi connectivity index (χ0n) is 16.0. The Bertz CT molecular complexity index is 814. The molecule has 0 amide bonds. The molecule has 0 spiro atoms. The third-order valence-electron chi connectivity index (χ3n) is 4.97. The molecule has 1 aromatic heterocycles. The first-order chi connectivity index (χ1) is 12.9. The maximum Gasteiger partial charge on any atom is 0.232 e. The minimum absolute atomic E-state index is 0.0813. The highest BCUT2D eigenvalue weighted by atomic mass is 32.2. The fraction of sp³-hybridized carbons (Fsp3) is 0.500. The summed E-state index contributed by atoms with van der Waals surface area (Å²) in [6.07, 6.45) is 3.27. The van der Waals surface area contributed by atoms with E-state index in [1.807, 2.05) is 23.5 Å². The van der Waals surface area contributed by atoms with Gasteiger partial charge in [-0.15, -0.1) is 11.3 Å². The van der Waals surface area contributed by atoms with Crippen LogP contribution in [0.3, 0.4) is 0 Å². The quantitative estimate of drug-likeness (QED) is 0.700. The van der Waals surface area contributed by atoms with Crippen LogP contribution in [0.1, 0.15) is 31.6 Å². The van der Waals surface area contributed by atoms with Gasteiger partial charge < -0.3 is 10.2 Å². The van der Waals surface area contributed by atoms with Gasteiger partial charge in [0.05, 0.1) is 11.4 Å². The van der Waals surface area contributed by atoms with Gasteiger partial charge in [-0.2, -0.15) is 0 Å². The Morgan fingerprint density at radius 1 is 1.22 bits per heavy atom. The average molecular weight is 408 g/mol. The Kier molecular flexibility index (Phi) is 6.78. The molecular formula is C20H29N3O2S2. The lowest BCUT2D eigenvalue weighted by atomic mass is 10.0. The molecule has 2 N–H and O–H groups in total. The molecule has 0 unspecified atom stereocenters. The lowest BCUT2D eigenvalue weighted by Crippen LogP contribution is -2.46. The van der Waals surface area contributed by atoms with Crippen LogP contribution >= 0.6 is 11.3 Å². The summed E-state index contributed by atoms with van der Waals surface area (Å²) in [5, 5.41) is 5.90. The van der Waals surface area contributed by atoms with Crippen molar-refractivity contribution >= 4 is 32.7 Å². The van der Waals surface area contributed by atoms with Crippen LogP contribution < -0.4 is 14.9 Å². The van der Waals surface area contributed by atoms with Crippen LogP contribution in [0.2, 0.25) is 0 Å². The number of rotatable bonds is 8. The van der Waals surface area contributed by atoms with Gasteiger partial charge in [-0.3, -0.25) is 4.72 Å². The van der Waals surface area contributed by atoms with E-state index in [1.165, 1.54) is 4.88 Å². The minimum Gasteiger partial charge on any atom is -0.371 e. The molecule has 2 aromatic rings. The summed E-state index contributed by atoms with van der Waals surface area (Å²) in [5.41, 5.74) is 1.72. The normalized spacial score (nSPS) is 17.0. The van der Waals surface area contributed by atoms with Gasteiger partial charge >= 0.3 is 0 Å². The van der Waals surface area contributed by atoms with Crippen LogP contribution in [0.15, 0.2) is 41.8 Å². The fourth-order valence-electron chi connectivity index (χ4n) is 3.51. The van der Waals surface area contributed by atoms with E-state index in [0.29, 0.717) is 17.8 Å². The molecule has 0 saturated carbocycles. The first-order valence-corrected chi connectivity index (χ1v) is 12.1. The van der Waals surface area contributed by atoms with Crippen molar-refractivity contribution in [3.63, 3.8) is 0 Å². The molecule has 1 atom stereocenters. The van der Waals surface area contributed by atoms with Gasteiger partial charge in [0.25, 0.3) is 0 Å². The predicted octanol–water partition coefficient (Wildman–Crippen LogP) is 3.70. The zero-order valence-corrected chi connectivity index (χ0v) is 17.7. The van der Waals surface area contributed by atoms with Crippen LogP contribution in [0.4, 0.5) is 11.4 Å². The lowest BCUT2D eigenvalue weighted by Gasteiger charge is -2.35. The van der Waals surface area contributed by atoms with Crippen LogP contribution in [0, 0.1) is 0 Å². The highest BCUT2D eigenvalue weighted by molar-refractivity contribution is 7.92. The van der Waals surface area contributed by atoms with Gasteiger partial charge in [-0.05, 0) is 62.8 Å². The molecule has 0 radical (unpaired) electrons. The number of nitrogens with one attached hydrogen (secondary N) is 2. The number of thiophene rings is 1. The van der Waals surface area contributed by atoms with Gasteiger partial charge in [-0.25, -0.2) is 8.42 Å². The van der Waals surface area contributed by atoms with Crippen molar-refractivity contribution in [1.29, 1.82) is 0 Å². The second-order valence-electron chi connectivity index (χ2n) is 7.17. The van der Waals surface area contributed by atoms with Crippen molar-refractivity contribution in [2.24, 2.45) is 0 Å². The number of piperidine rings is 1. The number of nitrogens with zero attached hydrogens (tertiary/aromatic N) is 1. The molecule has 148 valence electrons. The Hall–Kier alpha value is -1.57. The average Bonchev–Trinajstić information content (AvgIpc) is 3.15. The van der Waals surface area contributed by atoms with Gasteiger partial charge in [0.1, 0.15) is 0 Å². The number of sulfonamides is 1. The fourth-order valence-corrected chi connectivity index (χ4v) is 4.98. The molecule has 1 fully saturated rings. The monoisotopic (exact) mass is 407 g/mol. The van der Waals surface area contributed by atoms with E-state index in [1.54, 1.807) is 13.0 Å². The molecule has 1 aromatic carbocycles. The summed E-state index contributed by atoms with van der Waals surface area (Å²) in [6, 6.07) is 13.0. The smallest absolute Gasteiger partial charge is 0.232 e. The standard InChI is InChI=1S/C20H29N3O2S2/c1-3-27(24,25)22-18-6-4-7-19(15-18)23-11-9-17(10-12-23)21-16(2)14-20-8-5-13-26-20/h4-8,13,15-17,21-22H,3,9-12,14H2,1-2H3/t16-/m1/s1. The maximum absolute atomic E-state index is 11.8. The summed E-state index contributed by atoms with van der Waals surface area (Å²) in [7, 11) is -3.24. The highest BCUT2D eigenvalue weighted by Gasteiger charge is 2.21. The predicted molar refractivity (Wildman–Crippen MR) is 115 cm³/mol. The third kappa shape index (κ3) is 5.96. The summed E-state index contributed by atoms with van der Waals surface area (Å²) in [5.74, 6) is 0.0813. The summed E-state index contributed by atoms with van der Waals surface area (Å²) in [4.78, 5) is 3.77. The van der Waals surface area contributed by atoms with E-state index in [0.717, 1.165) is 38.0 Å². The Morgan fingerprint density at radius 2 is 2.00 bits per heavy atom. The largest absolute Gasteiger partial charge is 0.371 e. The van der Waals surface area contributed by atoms with Crippen molar-refractivity contribution in [3.8, 4) is 0 Å². The first-order valence-electron chi connectivity index (χ1n) is 9.59. The van der Waals surface area contributed by atoms with E-state index in [4.69, 9.17) is 0 Å². The Morgan fingerprint density at radius 3 is 2.67 bits per heavy atom. The second kappa shape index (κ2) is 9.08. The molecule has 1 aliphatic rings. The molecule has 0 bridgehead atoms. The topological polar surface area (TPSA) is 61.4 Å². The molecule has 27 heavy (non-hydrogen) atoms. The van der Waals surface area contributed by atoms with Crippen molar-refractivity contribution in [2.75, 3.05) is 28.5 Å². The molecule has 2 heterocycles. The van der Waals surface area contributed by atoms with Gasteiger partial charge in [-0.1, -0.05) is 12.1 Å². The van der Waals surface area contributed by atoms with E-state index in [-0.39, 0.29) is 5.75 Å². The molecular weight excluding hydrogens is 378 g/mol. The Balaban J connectivity index is 1.51. The van der Waals surface area contributed by atoms with Crippen LogP contribution in [-0.4, -0.2) is 39.3 Å². The SMILES string of the molecule is CCS(=O)(=O)Nc1cccc(N2CCC(N[C@H](C)Cc3cccs3)CC2)c1. The van der Waals surface area contributed by atoms with Crippen LogP contribution in [0.25, 0.3) is 0 Å². The summed E-state index contributed by atoms with van der Waals surface area (Å²) >= 11 is 1.82. The number of anilines is 2. The molecule has 1 aliphatic heterocycles. The highest BCUT2D eigenvalue weighted by Crippen LogP contribution is 2.24. The number of benzene rings is 1. The third-order valence-corrected chi connectivity index (χ3v) is 7.17. The van der Waals surface area contributed by atoms with Crippen LogP contribution in [-0.2, 0) is 16.4 Å². The van der Waals surface area contributed by atoms with E-state index in [2.05, 4.69) is 45.4 Å². The van der Waals surface area contributed by atoms with E-state index < -0.39 is 10.0 Å². The molecule has 0 aliphatic carbocycles. The van der Waals surface area contributed by atoms with Crippen molar-refractivity contribution in [3.05, 3.63) is 46.7 Å². The van der Waals surface area contributed by atoms with Crippen LogP contribution in [0.5, 0.6) is 0 Å². The van der Waals surface area contributed by atoms with Crippen molar-refractivity contribution in [1.82, 2.24) is 5.32 Å². The zero-order chi connectivity index (χ0) is 19.3. The van der Waals surface area contributed by atoms with E-state index >= 15 is 0 Å². The van der Waals surface area contributed by atoms with Gasteiger partial charge in [0.2, 0.25) is 10.0 Å².